The summed E-state index contributed by atoms with van der Waals surface area (Å²) < 4.78 is 1.44. The Morgan fingerprint density at radius 2 is 2.05 bits per heavy atom. The minimum absolute atomic E-state index is 0.0287. The van der Waals surface area contributed by atoms with Crippen molar-refractivity contribution in [3.8, 4) is 0 Å². The first-order valence-electron chi connectivity index (χ1n) is 6.52. The van der Waals surface area contributed by atoms with Gasteiger partial charge < -0.3 is 10.2 Å². The van der Waals surface area contributed by atoms with Gasteiger partial charge in [-0.15, -0.1) is 0 Å². The molecule has 0 bridgehead atoms. The minimum atomic E-state index is -1.56. The average Bonchev–Trinajstić information content (AvgIpc) is 3.14. The van der Waals surface area contributed by atoms with Crippen LogP contribution in [0.15, 0.2) is 36.9 Å². The quantitative estimate of drug-likeness (QED) is 0.877. The molecule has 0 aliphatic heterocycles. The Morgan fingerprint density at radius 1 is 1.38 bits per heavy atom. The Bertz CT molecular complexity index is 653. The predicted octanol–water partition coefficient (Wildman–Crippen LogP) is 1.68. The molecule has 6 nitrogen and oxygen atoms in total. The number of aliphatic carboxylic acids is 1. The zero-order valence-electron chi connectivity index (χ0n) is 11.1. The number of nitrogens with zero attached hydrogens (tertiary/aromatic N) is 3. The fourth-order valence-electron chi connectivity index (χ4n) is 2.72. The summed E-state index contributed by atoms with van der Waals surface area (Å²) in [4.78, 5) is 15.5. The van der Waals surface area contributed by atoms with E-state index in [4.69, 9.17) is 11.6 Å². The van der Waals surface area contributed by atoms with E-state index in [1.165, 1.54) is 17.3 Å². The fourth-order valence-corrected chi connectivity index (χ4v) is 2.85. The first-order valence-corrected chi connectivity index (χ1v) is 6.90. The van der Waals surface area contributed by atoms with Crippen molar-refractivity contribution in [3.05, 3.63) is 47.5 Å². The second-order valence-corrected chi connectivity index (χ2v) is 5.78. The first kappa shape index (κ1) is 14.0. The van der Waals surface area contributed by atoms with Crippen LogP contribution in [-0.4, -0.2) is 30.9 Å². The van der Waals surface area contributed by atoms with Crippen LogP contribution >= 0.6 is 11.6 Å². The summed E-state index contributed by atoms with van der Waals surface area (Å²) in [6.07, 6.45) is 3.66. The number of rotatable bonds is 5. The van der Waals surface area contributed by atoms with Crippen LogP contribution < -0.4 is 0 Å². The van der Waals surface area contributed by atoms with E-state index in [9.17, 15) is 15.0 Å². The van der Waals surface area contributed by atoms with Crippen LogP contribution in [0.2, 0.25) is 5.02 Å². The molecule has 1 saturated carbocycles. The number of carbonyl (C=O) groups is 1. The lowest BCUT2D eigenvalue weighted by Crippen LogP contribution is -2.45. The molecule has 0 radical (unpaired) electrons. The number of hydrogen-bond donors (Lipinski definition) is 2. The van der Waals surface area contributed by atoms with Gasteiger partial charge in [0.1, 0.15) is 23.7 Å². The zero-order chi connectivity index (χ0) is 15.1. The molecule has 0 spiro atoms. The highest BCUT2D eigenvalue weighted by molar-refractivity contribution is 6.30. The van der Waals surface area contributed by atoms with E-state index in [2.05, 4.69) is 10.1 Å². The summed E-state index contributed by atoms with van der Waals surface area (Å²) in [7, 11) is 0. The van der Waals surface area contributed by atoms with Crippen molar-refractivity contribution in [2.24, 2.45) is 5.41 Å². The number of carboxylic acid groups (broad SMARTS) is 1. The normalized spacial score (nSPS) is 19.0. The number of benzene rings is 1. The van der Waals surface area contributed by atoms with Gasteiger partial charge in [0, 0.05) is 5.02 Å². The number of hydrogen-bond acceptors (Lipinski definition) is 4. The maximum atomic E-state index is 11.7. The van der Waals surface area contributed by atoms with Crippen molar-refractivity contribution >= 4 is 17.6 Å². The van der Waals surface area contributed by atoms with E-state index in [0.717, 1.165) is 0 Å². The smallest absolute Gasteiger partial charge is 0.313 e. The van der Waals surface area contributed by atoms with Gasteiger partial charge in [-0.05, 0) is 30.5 Å². The highest BCUT2D eigenvalue weighted by Crippen LogP contribution is 2.59. The molecule has 3 rings (SSSR count). The Labute approximate surface area is 126 Å². The second-order valence-electron chi connectivity index (χ2n) is 5.35. The second kappa shape index (κ2) is 4.82. The summed E-state index contributed by atoms with van der Waals surface area (Å²) in [6.45, 7) is 0.0287. The van der Waals surface area contributed by atoms with E-state index in [-0.39, 0.29) is 6.54 Å². The van der Waals surface area contributed by atoms with E-state index in [1.807, 2.05) is 0 Å². The molecule has 1 aliphatic rings. The van der Waals surface area contributed by atoms with E-state index < -0.39 is 17.0 Å². The van der Waals surface area contributed by atoms with Crippen molar-refractivity contribution in [3.63, 3.8) is 0 Å². The van der Waals surface area contributed by atoms with Gasteiger partial charge in [-0.25, -0.2) is 9.67 Å². The lowest BCUT2D eigenvalue weighted by Gasteiger charge is -2.34. The third-order valence-electron chi connectivity index (χ3n) is 4.13. The monoisotopic (exact) mass is 307 g/mol. The predicted molar refractivity (Wildman–Crippen MR) is 74.7 cm³/mol. The third kappa shape index (κ3) is 2.20. The molecular formula is C14H14ClN3O3. The van der Waals surface area contributed by atoms with Crippen LogP contribution in [0.4, 0.5) is 0 Å². The molecule has 1 aromatic carbocycles. The molecule has 7 heteroatoms. The van der Waals surface area contributed by atoms with Gasteiger partial charge in [0.2, 0.25) is 0 Å². The number of aromatic nitrogens is 3. The third-order valence-corrected chi connectivity index (χ3v) is 4.38. The van der Waals surface area contributed by atoms with Gasteiger partial charge in [0.25, 0.3) is 0 Å². The van der Waals surface area contributed by atoms with Crippen molar-refractivity contribution in [2.75, 3.05) is 0 Å². The molecule has 2 N–H and O–H groups in total. The van der Waals surface area contributed by atoms with Crippen LogP contribution in [-0.2, 0) is 16.9 Å². The number of halogens is 1. The largest absolute Gasteiger partial charge is 0.481 e. The standard InChI is InChI=1S/C14H14ClN3O3/c15-11-3-1-10(2-4-11)14(21,7-18-9-16-8-17-18)13(5-6-13)12(19)20/h1-4,8-9,21H,5-7H2,(H,19,20). The van der Waals surface area contributed by atoms with E-state index in [1.54, 1.807) is 24.3 Å². The number of aliphatic hydroxyl groups is 1. The van der Waals surface area contributed by atoms with E-state index >= 15 is 0 Å². The van der Waals surface area contributed by atoms with Gasteiger partial charge in [-0.2, -0.15) is 5.10 Å². The summed E-state index contributed by atoms with van der Waals surface area (Å²) in [5, 5.41) is 25.2. The Hall–Kier alpha value is -1.92. The highest BCUT2D eigenvalue weighted by atomic mass is 35.5. The van der Waals surface area contributed by atoms with Gasteiger partial charge in [0.15, 0.2) is 0 Å². The molecule has 21 heavy (non-hydrogen) atoms. The Kier molecular flexibility index (Phi) is 3.22. The molecule has 1 heterocycles. The molecule has 0 saturated heterocycles. The molecule has 1 fully saturated rings. The summed E-state index contributed by atoms with van der Waals surface area (Å²) >= 11 is 5.87. The fraction of sp³-hybridized carbons (Fsp3) is 0.357. The average molecular weight is 308 g/mol. The van der Waals surface area contributed by atoms with Gasteiger partial charge in [-0.3, -0.25) is 4.79 Å². The van der Waals surface area contributed by atoms with Crippen molar-refractivity contribution in [1.82, 2.24) is 14.8 Å². The van der Waals surface area contributed by atoms with Crippen LogP contribution in [0, 0.1) is 5.41 Å². The van der Waals surface area contributed by atoms with Crippen LogP contribution in [0.1, 0.15) is 18.4 Å². The van der Waals surface area contributed by atoms with Crippen molar-refractivity contribution < 1.29 is 15.0 Å². The Morgan fingerprint density at radius 3 is 2.52 bits per heavy atom. The van der Waals surface area contributed by atoms with Crippen molar-refractivity contribution in [1.29, 1.82) is 0 Å². The Balaban J connectivity index is 2.06. The van der Waals surface area contributed by atoms with Crippen molar-refractivity contribution in [2.45, 2.75) is 25.0 Å². The lowest BCUT2D eigenvalue weighted by atomic mass is 9.78. The highest BCUT2D eigenvalue weighted by Gasteiger charge is 2.65. The first-order chi connectivity index (χ1) is 9.98. The zero-order valence-corrected chi connectivity index (χ0v) is 11.9. The molecule has 1 aliphatic carbocycles. The van der Waals surface area contributed by atoms with Crippen LogP contribution in [0.25, 0.3) is 0 Å². The van der Waals surface area contributed by atoms with Gasteiger partial charge in [-0.1, -0.05) is 23.7 Å². The molecule has 110 valence electrons. The van der Waals surface area contributed by atoms with Crippen LogP contribution in [0.3, 0.4) is 0 Å². The van der Waals surface area contributed by atoms with E-state index in [0.29, 0.717) is 23.4 Å². The topological polar surface area (TPSA) is 88.2 Å². The minimum Gasteiger partial charge on any atom is -0.481 e. The molecule has 1 atom stereocenters. The molecule has 1 unspecified atom stereocenters. The SMILES string of the molecule is O=C(O)C1(C(O)(Cn2cncn2)c2ccc(Cl)cc2)CC1. The van der Waals surface area contributed by atoms with Gasteiger partial charge >= 0.3 is 5.97 Å². The lowest BCUT2D eigenvalue weighted by molar-refractivity contribution is -0.159. The molecular weight excluding hydrogens is 294 g/mol. The summed E-state index contributed by atoms with van der Waals surface area (Å²) in [5.74, 6) is -1.000. The van der Waals surface area contributed by atoms with Crippen LogP contribution in [0.5, 0.6) is 0 Å². The molecule has 1 aromatic heterocycles. The maximum Gasteiger partial charge on any atom is 0.313 e. The van der Waals surface area contributed by atoms with Gasteiger partial charge in [0.05, 0.1) is 6.54 Å². The maximum absolute atomic E-state index is 11.7. The molecule has 0 amide bonds. The summed E-state index contributed by atoms with van der Waals surface area (Å²) in [5.41, 5.74) is -2.23. The summed E-state index contributed by atoms with van der Waals surface area (Å²) in [6, 6.07) is 6.59. The number of carboxylic acids is 1. The molecule has 2 aromatic rings.